The van der Waals surface area contributed by atoms with Gasteiger partial charge in [-0.1, -0.05) is 41.4 Å². The molecule has 3 aromatic rings. The number of hydrogen-bond donors (Lipinski definition) is 1. The van der Waals surface area contributed by atoms with E-state index in [9.17, 15) is 9.59 Å². The number of carbonyl (C=O) groups is 1. The van der Waals surface area contributed by atoms with Crippen molar-refractivity contribution in [2.45, 2.75) is 33.2 Å². The minimum atomic E-state index is -0.263. The molecule has 2 heterocycles. The van der Waals surface area contributed by atoms with E-state index in [0.717, 1.165) is 24.0 Å². The van der Waals surface area contributed by atoms with Crippen molar-refractivity contribution in [2.24, 2.45) is 5.92 Å². The lowest BCUT2D eigenvalue weighted by molar-refractivity contribution is 0.0947. The molecule has 1 aliphatic carbocycles. The second kappa shape index (κ2) is 7.87. The van der Waals surface area contributed by atoms with Gasteiger partial charge in [0.15, 0.2) is 0 Å². The molecule has 0 spiro atoms. The topological polar surface area (TPSA) is 68.4 Å². The molecule has 2 aromatic heterocycles. The van der Waals surface area contributed by atoms with Gasteiger partial charge in [-0.05, 0) is 38.7 Å². The van der Waals surface area contributed by atoms with Crippen LogP contribution in [-0.4, -0.2) is 26.4 Å². The number of hydrogen-bond acceptors (Lipinski definition) is 3. The van der Waals surface area contributed by atoms with Crippen LogP contribution >= 0.6 is 11.6 Å². The van der Waals surface area contributed by atoms with E-state index in [1.165, 1.54) is 0 Å². The molecular formula is C22H23ClN4O2. The average molecular weight is 411 g/mol. The van der Waals surface area contributed by atoms with Crippen LogP contribution < -0.4 is 10.9 Å². The first-order chi connectivity index (χ1) is 13.9. The average Bonchev–Trinajstić information content (AvgIpc) is 3.42. The Morgan fingerprint density at radius 3 is 2.72 bits per heavy atom. The van der Waals surface area contributed by atoms with E-state index in [-0.39, 0.29) is 22.8 Å². The van der Waals surface area contributed by atoms with Gasteiger partial charge in [0.2, 0.25) is 5.65 Å². The molecule has 29 heavy (non-hydrogen) atoms. The predicted octanol–water partition coefficient (Wildman–Crippen LogP) is 3.92. The third-order valence-electron chi connectivity index (χ3n) is 5.03. The van der Waals surface area contributed by atoms with Gasteiger partial charge in [0.05, 0.1) is 5.69 Å². The molecular weight excluding hydrogens is 388 g/mol. The monoisotopic (exact) mass is 410 g/mol. The summed E-state index contributed by atoms with van der Waals surface area (Å²) in [6.07, 6.45) is 7.69. The Hall–Kier alpha value is -2.86. The van der Waals surface area contributed by atoms with E-state index in [0.29, 0.717) is 29.7 Å². The quantitative estimate of drug-likeness (QED) is 0.626. The maximum absolute atomic E-state index is 13.2. The first-order valence-corrected chi connectivity index (χ1v) is 10.1. The number of amides is 1. The number of rotatable bonds is 6. The van der Waals surface area contributed by atoms with Crippen LogP contribution in [0.15, 0.2) is 53.1 Å². The predicted molar refractivity (Wildman–Crippen MR) is 114 cm³/mol. The summed E-state index contributed by atoms with van der Waals surface area (Å²) < 4.78 is 3.26. The number of nitrogens with one attached hydrogen (secondary N) is 1. The van der Waals surface area contributed by atoms with E-state index in [4.69, 9.17) is 11.6 Å². The lowest BCUT2D eigenvalue weighted by Crippen LogP contribution is -2.26. The molecule has 0 radical (unpaired) electrons. The molecule has 1 saturated carbocycles. The minimum Gasteiger partial charge on any atom is -0.350 e. The number of fused-ring (bicyclic) bond motifs is 1. The van der Waals surface area contributed by atoms with Gasteiger partial charge in [0.25, 0.3) is 11.5 Å². The van der Waals surface area contributed by atoms with Crippen molar-refractivity contribution in [1.29, 1.82) is 0 Å². The van der Waals surface area contributed by atoms with Crippen molar-refractivity contribution in [3.63, 3.8) is 0 Å². The molecule has 1 fully saturated rings. The molecule has 1 aromatic carbocycles. The van der Waals surface area contributed by atoms with E-state index in [1.807, 2.05) is 38.1 Å². The molecule has 0 aliphatic heterocycles. The Morgan fingerprint density at radius 2 is 2.03 bits per heavy atom. The summed E-state index contributed by atoms with van der Waals surface area (Å²) in [5.74, 6) is 0.319. The second-order valence-electron chi connectivity index (χ2n) is 7.70. The lowest BCUT2D eigenvalue weighted by atomic mass is 10.1. The normalized spacial score (nSPS) is 13.5. The van der Waals surface area contributed by atoms with E-state index < -0.39 is 0 Å². The lowest BCUT2D eigenvalue weighted by Gasteiger charge is -2.13. The number of benzene rings is 1. The smallest absolute Gasteiger partial charge is 0.295 e. The fourth-order valence-corrected chi connectivity index (χ4v) is 3.41. The van der Waals surface area contributed by atoms with Gasteiger partial charge < -0.3 is 5.32 Å². The third kappa shape index (κ3) is 4.12. The molecule has 4 rings (SSSR count). The van der Waals surface area contributed by atoms with Crippen LogP contribution in [0.1, 0.15) is 37.2 Å². The molecule has 0 bridgehead atoms. The fourth-order valence-electron chi connectivity index (χ4n) is 3.18. The SMILES string of the molecule is CC(C)=CCn1c(-c2ccccc2Cl)cn2cc(C(=O)NCC3CC3)nc2c1=O. The summed E-state index contributed by atoms with van der Waals surface area (Å²) in [6.45, 7) is 5.02. The van der Waals surface area contributed by atoms with Gasteiger partial charge in [-0.25, -0.2) is 4.98 Å². The Morgan fingerprint density at radius 1 is 1.28 bits per heavy atom. The summed E-state index contributed by atoms with van der Waals surface area (Å²) in [4.78, 5) is 30.0. The summed E-state index contributed by atoms with van der Waals surface area (Å²) in [5.41, 5.74) is 2.73. The van der Waals surface area contributed by atoms with Gasteiger partial charge >= 0.3 is 0 Å². The van der Waals surface area contributed by atoms with Crippen LogP contribution in [0.3, 0.4) is 0 Å². The largest absolute Gasteiger partial charge is 0.350 e. The third-order valence-corrected chi connectivity index (χ3v) is 5.36. The summed E-state index contributed by atoms with van der Waals surface area (Å²) >= 11 is 6.41. The number of halogens is 1. The van der Waals surface area contributed by atoms with Crippen molar-refractivity contribution in [1.82, 2.24) is 19.3 Å². The highest BCUT2D eigenvalue weighted by Gasteiger charge is 2.23. The van der Waals surface area contributed by atoms with E-state index in [2.05, 4.69) is 10.3 Å². The van der Waals surface area contributed by atoms with Gasteiger partial charge in [0, 0.05) is 36.1 Å². The van der Waals surface area contributed by atoms with Crippen molar-refractivity contribution in [3.8, 4) is 11.3 Å². The van der Waals surface area contributed by atoms with Crippen molar-refractivity contribution in [2.75, 3.05) is 6.54 Å². The molecule has 6 nitrogen and oxygen atoms in total. The maximum atomic E-state index is 13.2. The molecule has 0 saturated heterocycles. The van der Waals surface area contributed by atoms with Gasteiger partial charge in [-0.15, -0.1) is 0 Å². The highest BCUT2D eigenvalue weighted by atomic mass is 35.5. The van der Waals surface area contributed by atoms with Crippen LogP contribution in [0.25, 0.3) is 16.9 Å². The zero-order chi connectivity index (χ0) is 20.5. The molecule has 7 heteroatoms. The zero-order valence-corrected chi connectivity index (χ0v) is 17.2. The molecule has 0 unspecified atom stereocenters. The summed E-state index contributed by atoms with van der Waals surface area (Å²) in [6, 6.07) is 7.40. The standard InChI is InChI=1S/C22H23ClN4O2/c1-14(2)9-10-27-19(16-5-3-4-6-17(16)23)13-26-12-18(25-20(26)22(27)29)21(28)24-11-15-7-8-15/h3-6,9,12-13,15H,7-8,10-11H2,1-2H3,(H,24,28). The van der Waals surface area contributed by atoms with Crippen LogP contribution in [0.2, 0.25) is 5.02 Å². The number of aromatic nitrogens is 3. The highest BCUT2D eigenvalue weighted by molar-refractivity contribution is 6.33. The van der Waals surface area contributed by atoms with E-state index >= 15 is 0 Å². The van der Waals surface area contributed by atoms with Gasteiger partial charge in [0.1, 0.15) is 5.69 Å². The first kappa shape index (κ1) is 19.5. The number of allylic oxidation sites excluding steroid dienone is 2. The zero-order valence-electron chi connectivity index (χ0n) is 16.5. The number of nitrogens with zero attached hydrogens (tertiary/aromatic N) is 3. The van der Waals surface area contributed by atoms with Gasteiger partial charge in [-0.3, -0.25) is 18.6 Å². The summed E-state index contributed by atoms with van der Waals surface area (Å²) in [5, 5.41) is 3.45. The molecule has 1 N–H and O–H groups in total. The van der Waals surface area contributed by atoms with Crippen LogP contribution in [0.5, 0.6) is 0 Å². The number of imidazole rings is 1. The van der Waals surface area contributed by atoms with Crippen molar-refractivity contribution >= 4 is 23.2 Å². The Labute approximate surface area is 173 Å². The first-order valence-electron chi connectivity index (χ1n) is 9.73. The maximum Gasteiger partial charge on any atom is 0.295 e. The summed E-state index contributed by atoms with van der Waals surface area (Å²) in [7, 11) is 0. The number of carbonyl (C=O) groups excluding carboxylic acids is 1. The molecule has 0 atom stereocenters. The van der Waals surface area contributed by atoms with E-state index in [1.54, 1.807) is 27.4 Å². The molecule has 150 valence electrons. The highest BCUT2D eigenvalue weighted by Crippen LogP contribution is 2.28. The van der Waals surface area contributed by atoms with Crippen molar-refractivity contribution < 1.29 is 4.79 Å². The molecule has 1 aliphatic rings. The van der Waals surface area contributed by atoms with Crippen molar-refractivity contribution in [3.05, 3.63) is 69.4 Å². The van der Waals surface area contributed by atoms with Gasteiger partial charge in [-0.2, -0.15) is 0 Å². The van der Waals surface area contributed by atoms with Crippen LogP contribution in [0.4, 0.5) is 0 Å². The van der Waals surface area contributed by atoms with Crippen LogP contribution in [-0.2, 0) is 6.54 Å². The minimum absolute atomic E-state index is 0.222. The Kier molecular flexibility index (Phi) is 5.28. The Bertz CT molecular complexity index is 1170. The van der Waals surface area contributed by atoms with Crippen LogP contribution in [0, 0.1) is 5.92 Å². The second-order valence-corrected chi connectivity index (χ2v) is 8.11. The Balaban J connectivity index is 1.82. The molecule has 1 amide bonds. The fraction of sp³-hybridized carbons (Fsp3) is 0.318.